The Bertz CT molecular complexity index is 997. The van der Waals surface area contributed by atoms with Crippen molar-refractivity contribution in [3.8, 4) is 11.5 Å². The number of carbonyl (C=O) groups excluding carboxylic acids is 1. The monoisotopic (exact) mass is 532 g/mol. The Labute approximate surface area is 194 Å². The van der Waals surface area contributed by atoms with Crippen LogP contribution in [0.4, 0.5) is 0 Å². The molecule has 0 radical (unpaired) electrons. The van der Waals surface area contributed by atoms with Gasteiger partial charge in [-0.3, -0.25) is 4.79 Å². The molecule has 0 bridgehead atoms. The number of nitrogens with zero attached hydrogens (tertiary/aromatic N) is 1. The zero-order valence-electron chi connectivity index (χ0n) is 16.6. The van der Waals surface area contributed by atoms with Gasteiger partial charge < -0.3 is 19.5 Å². The van der Waals surface area contributed by atoms with Gasteiger partial charge in [-0.05, 0) is 42.5 Å². The van der Waals surface area contributed by atoms with Gasteiger partial charge in [0.1, 0.15) is 18.1 Å². The molecule has 1 amide bonds. The number of rotatable bonds is 9. The Balaban J connectivity index is 1.40. The summed E-state index contributed by atoms with van der Waals surface area (Å²) in [7, 11) is -3.54. The Morgan fingerprint density at radius 2 is 1.84 bits per heavy atom. The molecule has 2 aromatic carbocycles. The van der Waals surface area contributed by atoms with Gasteiger partial charge >= 0.3 is 0 Å². The standard InChI is InChI=1S/C20H22BrClN2O6S/c21-15-1-6-19(18(22)13-15)30-14-20(25)23-7-10-29-16-2-4-17(5-3-16)31(26,27)24-8-11-28-12-9-24/h1-6,13H,7-12,14H2,(H,23,25). The molecule has 31 heavy (non-hydrogen) atoms. The third-order valence-corrected chi connectivity index (χ3v) is 7.08. The minimum Gasteiger partial charge on any atom is -0.492 e. The molecule has 11 heteroatoms. The number of sulfonamides is 1. The van der Waals surface area contributed by atoms with E-state index < -0.39 is 10.0 Å². The van der Waals surface area contributed by atoms with E-state index >= 15 is 0 Å². The normalized spacial score (nSPS) is 14.8. The number of halogens is 2. The molecule has 0 unspecified atom stereocenters. The first kappa shape index (κ1) is 23.8. The van der Waals surface area contributed by atoms with E-state index in [1.54, 1.807) is 30.3 Å². The number of benzene rings is 2. The average Bonchev–Trinajstić information content (AvgIpc) is 2.77. The second-order valence-electron chi connectivity index (χ2n) is 6.55. The quantitative estimate of drug-likeness (QED) is 0.498. The van der Waals surface area contributed by atoms with Crippen LogP contribution in [-0.2, 0) is 19.6 Å². The van der Waals surface area contributed by atoms with Crippen molar-refractivity contribution < 1.29 is 27.4 Å². The Morgan fingerprint density at radius 1 is 1.13 bits per heavy atom. The fourth-order valence-corrected chi connectivity index (χ4v) is 4.93. The predicted molar refractivity (Wildman–Crippen MR) is 119 cm³/mol. The highest BCUT2D eigenvalue weighted by molar-refractivity contribution is 9.10. The van der Waals surface area contributed by atoms with Crippen LogP contribution in [0, 0.1) is 0 Å². The van der Waals surface area contributed by atoms with Crippen molar-refractivity contribution in [1.82, 2.24) is 9.62 Å². The lowest BCUT2D eigenvalue weighted by Gasteiger charge is -2.26. The van der Waals surface area contributed by atoms with E-state index in [-0.39, 0.29) is 30.6 Å². The molecular weight excluding hydrogens is 512 g/mol. The van der Waals surface area contributed by atoms with Crippen LogP contribution in [0.1, 0.15) is 0 Å². The van der Waals surface area contributed by atoms with Crippen LogP contribution in [-0.4, -0.2) is 64.7 Å². The van der Waals surface area contributed by atoms with Gasteiger partial charge in [-0.2, -0.15) is 4.31 Å². The highest BCUT2D eigenvalue weighted by Gasteiger charge is 2.26. The molecule has 0 aliphatic carbocycles. The minimum absolute atomic E-state index is 0.171. The summed E-state index contributed by atoms with van der Waals surface area (Å²) in [6.07, 6.45) is 0. The number of morpholine rings is 1. The second kappa shape index (κ2) is 11.1. The molecule has 1 N–H and O–H groups in total. The summed E-state index contributed by atoms with van der Waals surface area (Å²) >= 11 is 9.34. The number of carbonyl (C=O) groups is 1. The zero-order chi connectivity index (χ0) is 22.3. The summed E-state index contributed by atoms with van der Waals surface area (Å²) in [5, 5.41) is 3.08. The van der Waals surface area contributed by atoms with Gasteiger partial charge in [0.05, 0.1) is 29.7 Å². The summed E-state index contributed by atoms with van der Waals surface area (Å²) in [6, 6.07) is 11.3. The first-order valence-corrected chi connectivity index (χ1v) is 12.1. The van der Waals surface area contributed by atoms with E-state index in [2.05, 4.69) is 21.2 Å². The van der Waals surface area contributed by atoms with E-state index in [0.717, 1.165) is 4.47 Å². The van der Waals surface area contributed by atoms with Crippen molar-refractivity contribution in [3.63, 3.8) is 0 Å². The molecule has 168 valence electrons. The molecule has 8 nitrogen and oxygen atoms in total. The molecule has 1 heterocycles. The van der Waals surface area contributed by atoms with Gasteiger partial charge in [0, 0.05) is 17.6 Å². The Morgan fingerprint density at radius 3 is 2.52 bits per heavy atom. The van der Waals surface area contributed by atoms with Crippen molar-refractivity contribution in [1.29, 1.82) is 0 Å². The molecule has 1 aliphatic rings. The van der Waals surface area contributed by atoms with Crippen molar-refractivity contribution in [2.45, 2.75) is 4.90 Å². The van der Waals surface area contributed by atoms with Gasteiger partial charge in [-0.25, -0.2) is 8.42 Å². The zero-order valence-corrected chi connectivity index (χ0v) is 19.7. The van der Waals surface area contributed by atoms with Crippen molar-refractivity contribution >= 4 is 43.5 Å². The molecule has 0 saturated carbocycles. The van der Waals surface area contributed by atoms with E-state index in [9.17, 15) is 13.2 Å². The van der Waals surface area contributed by atoms with Crippen LogP contribution < -0.4 is 14.8 Å². The summed E-state index contributed by atoms with van der Waals surface area (Å²) in [5.74, 6) is 0.617. The van der Waals surface area contributed by atoms with Crippen molar-refractivity contribution in [3.05, 3.63) is 52.0 Å². The predicted octanol–water partition coefficient (Wildman–Crippen LogP) is 2.70. The van der Waals surface area contributed by atoms with Gasteiger partial charge in [-0.1, -0.05) is 27.5 Å². The summed E-state index contributed by atoms with van der Waals surface area (Å²) in [6.45, 7) is 1.80. The Kier molecular flexibility index (Phi) is 8.56. The summed E-state index contributed by atoms with van der Waals surface area (Å²) in [5.41, 5.74) is 0. The number of nitrogens with one attached hydrogen (secondary N) is 1. The molecule has 0 aromatic heterocycles. The minimum atomic E-state index is -3.54. The third kappa shape index (κ3) is 6.81. The highest BCUT2D eigenvalue weighted by Crippen LogP contribution is 2.27. The van der Waals surface area contributed by atoms with Crippen LogP contribution in [0.5, 0.6) is 11.5 Å². The Hall–Kier alpha value is -1.85. The lowest BCUT2D eigenvalue weighted by atomic mass is 10.3. The average molecular weight is 534 g/mol. The topological polar surface area (TPSA) is 94.2 Å². The van der Waals surface area contributed by atoms with E-state index in [1.165, 1.54) is 16.4 Å². The first-order valence-electron chi connectivity index (χ1n) is 9.51. The van der Waals surface area contributed by atoms with Crippen LogP contribution >= 0.6 is 27.5 Å². The number of hydrogen-bond donors (Lipinski definition) is 1. The third-order valence-electron chi connectivity index (χ3n) is 4.38. The van der Waals surface area contributed by atoms with E-state index in [0.29, 0.717) is 42.8 Å². The van der Waals surface area contributed by atoms with Gasteiger partial charge in [0.25, 0.3) is 5.91 Å². The van der Waals surface area contributed by atoms with Gasteiger partial charge in [-0.15, -0.1) is 0 Å². The number of ether oxygens (including phenoxy) is 3. The van der Waals surface area contributed by atoms with Gasteiger partial charge in [0.15, 0.2) is 6.61 Å². The largest absolute Gasteiger partial charge is 0.492 e. The van der Waals surface area contributed by atoms with Crippen molar-refractivity contribution in [2.24, 2.45) is 0 Å². The molecule has 0 spiro atoms. The van der Waals surface area contributed by atoms with Crippen LogP contribution in [0.15, 0.2) is 51.8 Å². The van der Waals surface area contributed by atoms with E-state index in [1.807, 2.05) is 0 Å². The fourth-order valence-electron chi connectivity index (χ4n) is 2.79. The van der Waals surface area contributed by atoms with Crippen LogP contribution in [0.25, 0.3) is 0 Å². The van der Waals surface area contributed by atoms with Crippen LogP contribution in [0.2, 0.25) is 5.02 Å². The summed E-state index contributed by atoms with van der Waals surface area (Å²) in [4.78, 5) is 12.1. The first-order chi connectivity index (χ1) is 14.9. The lowest BCUT2D eigenvalue weighted by Crippen LogP contribution is -2.40. The smallest absolute Gasteiger partial charge is 0.258 e. The highest BCUT2D eigenvalue weighted by atomic mass is 79.9. The SMILES string of the molecule is O=C(COc1ccc(Br)cc1Cl)NCCOc1ccc(S(=O)(=O)N2CCOCC2)cc1. The maximum absolute atomic E-state index is 12.6. The number of hydrogen-bond acceptors (Lipinski definition) is 6. The molecule has 1 fully saturated rings. The molecule has 1 aliphatic heterocycles. The molecule has 0 atom stereocenters. The lowest BCUT2D eigenvalue weighted by molar-refractivity contribution is -0.123. The molecule has 2 aromatic rings. The second-order valence-corrected chi connectivity index (χ2v) is 9.81. The van der Waals surface area contributed by atoms with Crippen LogP contribution in [0.3, 0.4) is 0 Å². The molecule has 3 rings (SSSR count). The molecule has 1 saturated heterocycles. The maximum Gasteiger partial charge on any atom is 0.258 e. The van der Waals surface area contributed by atoms with E-state index in [4.69, 9.17) is 25.8 Å². The number of amides is 1. The molecular formula is C20H22BrClN2O6S. The summed E-state index contributed by atoms with van der Waals surface area (Å²) < 4.78 is 43.6. The van der Waals surface area contributed by atoms with Gasteiger partial charge in [0.2, 0.25) is 10.0 Å². The fraction of sp³-hybridized carbons (Fsp3) is 0.350. The maximum atomic E-state index is 12.6. The van der Waals surface area contributed by atoms with Crippen molar-refractivity contribution in [2.75, 3.05) is 46.1 Å².